The Bertz CT molecular complexity index is 2540. The Morgan fingerprint density at radius 1 is 0.745 bits per heavy atom. The number of anilines is 2. The summed E-state index contributed by atoms with van der Waals surface area (Å²) in [5.41, 5.74) is 0.198. The third kappa shape index (κ3) is 4.55. The Labute approximate surface area is 316 Å². The van der Waals surface area contributed by atoms with Crippen molar-refractivity contribution in [2.45, 2.75) is 28.5 Å². The largest absolute Gasteiger partial charge is 0.508 e. The van der Waals surface area contributed by atoms with Crippen LogP contribution in [0.4, 0.5) is 33.3 Å². The molecule has 6 atom stereocenters. The number of allylic oxidation sites excluding steroid dienone is 2. The molecule has 0 radical (unpaired) electrons. The van der Waals surface area contributed by atoms with Crippen molar-refractivity contribution in [2.75, 3.05) is 9.80 Å². The summed E-state index contributed by atoms with van der Waals surface area (Å²) in [7, 11) is 0. The maximum absolute atomic E-state index is 15.3. The van der Waals surface area contributed by atoms with Crippen LogP contribution in [-0.2, 0) is 19.2 Å². The fourth-order valence-corrected chi connectivity index (χ4v) is 9.57. The number of aromatic hydroxyl groups is 1. The number of imide groups is 2. The van der Waals surface area contributed by atoms with Crippen LogP contribution in [0.3, 0.4) is 0 Å². The predicted octanol–water partition coefficient (Wildman–Crippen LogP) is 7.66. The first-order valence-corrected chi connectivity index (χ1v) is 17.6. The van der Waals surface area contributed by atoms with Gasteiger partial charge in [-0.2, -0.15) is 0 Å². The van der Waals surface area contributed by atoms with Gasteiger partial charge in [-0.3, -0.25) is 24.1 Å². The third-order valence-corrected chi connectivity index (χ3v) is 12.5. The lowest BCUT2D eigenvalue weighted by molar-refractivity contribution is -0.125. The molecule has 3 heterocycles. The van der Waals surface area contributed by atoms with Gasteiger partial charge in [-0.05, 0) is 61.2 Å². The van der Waals surface area contributed by atoms with E-state index in [1.807, 2.05) is 6.07 Å². The lowest BCUT2D eigenvalue weighted by Gasteiger charge is -2.50. The summed E-state index contributed by atoms with van der Waals surface area (Å²) >= 11 is 14.2. The molecule has 0 bridgehead atoms. The molecule has 1 saturated carbocycles. The number of alkyl halides is 2. The van der Waals surface area contributed by atoms with Gasteiger partial charge in [0.05, 0.1) is 17.5 Å². The summed E-state index contributed by atoms with van der Waals surface area (Å²) in [4.78, 5) is 56.9. The number of oxazole rings is 1. The Kier molecular flexibility index (Phi) is 7.63. The molecule has 16 heteroatoms. The molecule has 55 heavy (non-hydrogen) atoms. The molecule has 1 aromatic heterocycles. The highest BCUT2D eigenvalue weighted by atomic mass is 35.5. The zero-order chi connectivity index (χ0) is 38.9. The summed E-state index contributed by atoms with van der Waals surface area (Å²) < 4.78 is 79.3. The standard InChI is InChI=1S/C39H22Cl2F5N3O6/c40-38-15-21-18(13-14-20-25(21)35(52)48(34(20)51)17-11-9-16(10-12-17)33-47-22-6-2-4-8-24(22)55-33)26(19-5-1-3-7-23(19)50)39(38,41)37(54)49(36(38)53)32-30(45)28(43)27(42)29(44)31(32)46/h1-13,20-21,25-26,50H,14-15H2. The first-order valence-electron chi connectivity index (χ1n) is 16.8. The Hall–Kier alpha value is -5.60. The van der Waals surface area contributed by atoms with E-state index in [4.69, 9.17) is 27.6 Å². The van der Waals surface area contributed by atoms with Crippen LogP contribution >= 0.6 is 23.2 Å². The fraction of sp³-hybridized carbons (Fsp3) is 0.205. The number of rotatable bonds is 4. The lowest BCUT2D eigenvalue weighted by atomic mass is 9.56. The van der Waals surface area contributed by atoms with Crippen molar-refractivity contribution in [1.82, 2.24) is 4.98 Å². The van der Waals surface area contributed by atoms with E-state index in [2.05, 4.69) is 4.98 Å². The second-order valence-electron chi connectivity index (χ2n) is 13.8. The van der Waals surface area contributed by atoms with Crippen molar-refractivity contribution in [3.63, 3.8) is 0 Å². The van der Waals surface area contributed by atoms with Gasteiger partial charge in [0.1, 0.15) is 17.0 Å². The normalized spacial score (nSPS) is 27.4. The second kappa shape index (κ2) is 11.9. The minimum absolute atomic E-state index is 0.0611. The quantitative estimate of drug-likeness (QED) is 0.0496. The number of aromatic nitrogens is 1. The maximum Gasteiger partial charge on any atom is 0.258 e. The number of benzene rings is 4. The average molecular weight is 795 g/mol. The molecule has 1 N–H and O–H groups in total. The number of phenols is 1. The van der Waals surface area contributed by atoms with Crippen molar-refractivity contribution in [3.8, 4) is 17.2 Å². The number of hydrogen-bond acceptors (Lipinski definition) is 7. The molecule has 2 saturated heterocycles. The fourth-order valence-electron chi connectivity index (χ4n) is 8.65. The van der Waals surface area contributed by atoms with Crippen molar-refractivity contribution < 1.29 is 50.7 Å². The summed E-state index contributed by atoms with van der Waals surface area (Å²) in [6.07, 6.45) is 0.816. The predicted molar refractivity (Wildman–Crippen MR) is 186 cm³/mol. The SMILES string of the molecule is O=C1C2CC=C3C(CC4(Cl)C(=O)N(c5c(F)c(F)c(F)c(F)c5F)C(=O)C4(Cl)C3c3ccccc3O)C2C(=O)N1c1ccc(-c2nc3ccccc3o2)cc1. The third-order valence-electron chi connectivity index (χ3n) is 11.1. The van der Waals surface area contributed by atoms with E-state index in [1.165, 1.54) is 36.4 Å². The van der Waals surface area contributed by atoms with Crippen molar-refractivity contribution in [3.05, 3.63) is 119 Å². The van der Waals surface area contributed by atoms with E-state index in [9.17, 15) is 37.5 Å². The summed E-state index contributed by atoms with van der Waals surface area (Å²) in [5.74, 6) is -21.9. The molecule has 9 nitrogen and oxygen atoms in total. The van der Waals surface area contributed by atoms with Crippen LogP contribution in [0.25, 0.3) is 22.6 Å². The number of hydrogen-bond donors (Lipinski definition) is 1. The first-order chi connectivity index (χ1) is 26.2. The monoisotopic (exact) mass is 793 g/mol. The van der Waals surface area contributed by atoms with Crippen LogP contribution in [0, 0.1) is 46.8 Å². The van der Waals surface area contributed by atoms with Crippen molar-refractivity contribution in [1.29, 1.82) is 0 Å². The molecule has 5 aromatic rings. The van der Waals surface area contributed by atoms with Crippen LogP contribution < -0.4 is 9.80 Å². The molecule has 2 aliphatic heterocycles. The highest BCUT2D eigenvalue weighted by Crippen LogP contribution is 2.66. The van der Waals surface area contributed by atoms with Gasteiger partial charge in [-0.15, -0.1) is 23.2 Å². The highest BCUT2D eigenvalue weighted by Gasteiger charge is 2.77. The van der Waals surface area contributed by atoms with E-state index >= 15 is 8.78 Å². The first kappa shape index (κ1) is 35.1. The summed E-state index contributed by atoms with van der Waals surface area (Å²) in [5, 5.41) is 11.1. The Morgan fingerprint density at radius 2 is 1.38 bits per heavy atom. The Balaban J connectivity index is 1.14. The van der Waals surface area contributed by atoms with E-state index in [-0.39, 0.29) is 28.1 Å². The van der Waals surface area contributed by atoms with Crippen molar-refractivity contribution in [2.24, 2.45) is 17.8 Å². The van der Waals surface area contributed by atoms with E-state index in [1.54, 1.807) is 36.4 Å². The Morgan fingerprint density at radius 3 is 2.05 bits per heavy atom. The zero-order valence-electron chi connectivity index (χ0n) is 27.7. The molecule has 6 unspecified atom stereocenters. The molecule has 9 rings (SSSR count). The van der Waals surface area contributed by atoms with Gasteiger partial charge < -0.3 is 9.52 Å². The summed E-state index contributed by atoms with van der Waals surface area (Å²) in [6.45, 7) is 0. The highest BCUT2D eigenvalue weighted by molar-refractivity contribution is 6.58. The van der Waals surface area contributed by atoms with Gasteiger partial charge in [-0.25, -0.2) is 31.8 Å². The van der Waals surface area contributed by atoms with Gasteiger partial charge in [0.15, 0.2) is 38.6 Å². The average Bonchev–Trinajstić information content (AvgIpc) is 3.77. The number of halogens is 7. The van der Waals surface area contributed by atoms with Crippen molar-refractivity contribution >= 4 is 69.3 Å². The molecule has 278 valence electrons. The number of fused-ring (bicyclic) bond motifs is 5. The number of nitrogens with zero attached hydrogens (tertiary/aromatic N) is 3. The van der Waals surface area contributed by atoms with Crippen LogP contribution in [0.2, 0.25) is 0 Å². The number of para-hydroxylation sites is 3. The van der Waals surface area contributed by atoms with Gasteiger partial charge in [0.2, 0.25) is 23.5 Å². The zero-order valence-corrected chi connectivity index (χ0v) is 29.2. The van der Waals surface area contributed by atoms with Gasteiger partial charge >= 0.3 is 0 Å². The lowest BCUT2D eigenvalue weighted by Crippen LogP contribution is -2.60. The van der Waals surface area contributed by atoms with Crippen LogP contribution in [0.5, 0.6) is 5.75 Å². The van der Waals surface area contributed by atoms with E-state index in [0.29, 0.717) is 22.6 Å². The smallest absolute Gasteiger partial charge is 0.258 e. The van der Waals surface area contributed by atoms with E-state index in [0.717, 1.165) is 4.90 Å². The second-order valence-corrected chi connectivity index (χ2v) is 15.0. The maximum atomic E-state index is 15.3. The van der Waals surface area contributed by atoms with E-state index < -0.39 is 104 Å². The molecule has 2 aliphatic carbocycles. The molecule has 0 spiro atoms. The van der Waals surface area contributed by atoms with Crippen LogP contribution in [0.15, 0.2) is 88.9 Å². The molecular weight excluding hydrogens is 772 g/mol. The number of phenolic OH excluding ortho intramolecular Hbond substituents is 1. The molecule has 3 fully saturated rings. The number of amides is 4. The minimum Gasteiger partial charge on any atom is -0.508 e. The summed E-state index contributed by atoms with van der Waals surface area (Å²) in [6, 6.07) is 18.9. The minimum atomic E-state index is -2.74. The molecule has 4 aliphatic rings. The topological polar surface area (TPSA) is 121 Å². The molecule has 4 amide bonds. The molecule has 4 aromatic carbocycles. The number of carbonyl (C=O) groups is 4. The molecular formula is C39H22Cl2F5N3O6. The number of carbonyl (C=O) groups excluding carboxylic acids is 4. The van der Waals surface area contributed by atoms with Gasteiger partial charge in [0.25, 0.3) is 11.8 Å². The van der Waals surface area contributed by atoms with Gasteiger partial charge in [0, 0.05) is 17.0 Å². The van der Waals surface area contributed by atoms with Gasteiger partial charge in [-0.1, -0.05) is 42.0 Å². The van der Waals surface area contributed by atoms with Crippen LogP contribution in [-0.4, -0.2) is 43.5 Å². The van der Waals surface area contributed by atoms with Crippen LogP contribution in [0.1, 0.15) is 24.3 Å².